The number of nitrogens with zero attached hydrogens (tertiary/aromatic N) is 4. The molecule has 0 aliphatic rings. The summed E-state index contributed by atoms with van der Waals surface area (Å²) in [5, 5.41) is 11.4. The van der Waals surface area contributed by atoms with Gasteiger partial charge in [-0.2, -0.15) is 0 Å². The average Bonchev–Trinajstić information content (AvgIpc) is 3.44. The minimum Gasteiger partial charge on any atom is -0.497 e. The second-order valence-electron chi connectivity index (χ2n) is 6.04. The SMILES string of the molecule is CCOc1nc(-c2ccnc(NC(=O)c3cccc(OC)c3)c2)sc1-c1nnc[nH]1. The van der Waals surface area contributed by atoms with Crippen LogP contribution in [0.3, 0.4) is 0 Å². The first-order valence-corrected chi connectivity index (χ1v) is 9.91. The maximum Gasteiger partial charge on any atom is 0.256 e. The molecular formula is C20H18N6O3S. The lowest BCUT2D eigenvalue weighted by Crippen LogP contribution is -2.12. The first kappa shape index (κ1) is 19.5. The molecule has 3 aromatic heterocycles. The Kier molecular flexibility index (Phi) is 5.66. The summed E-state index contributed by atoms with van der Waals surface area (Å²) in [5.41, 5.74) is 1.27. The Balaban J connectivity index is 1.60. The van der Waals surface area contributed by atoms with Crippen LogP contribution in [0.4, 0.5) is 5.82 Å². The van der Waals surface area contributed by atoms with Crippen LogP contribution in [-0.4, -0.2) is 44.8 Å². The van der Waals surface area contributed by atoms with Gasteiger partial charge in [-0.05, 0) is 37.3 Å². The van der Waals surface area contributed by atoms with Crippen molar-refractivity contribution in [2.24, 2.45) is 0 Å². The van der Waals surface area contributed by atoms with Crippen LogP contribution in [0.1, 0.15) is 17.3 Å². The molecule has 0 radical (unpaired) electrons. The number of hydrogen-bond donors (Lipinski definition) is 2. The smallest absolute Gasteiger partial charge is 0.256 e. The molecule has 30 heavy (non-hydrogen) atoms. The lowest BCUT2D eigenvalue weighted by molar-refractivity contribution is 0.102. The van der Waals surface area contributed by atoms with Crippen LogP contribution >= 0.6 is 11.3 Å². The van der Waals surface area contributed by atoms with Gasteiger partial charge in [-0.3, -0.25) is 4.79 Å². The van der Waals surface area contributed by atoms with Crippen molar-refractivity contribution < 1.29 is 14.3 Å². The summed E-state index contributed by atoms with van der Waals surface area (Å²) < 4.78 is 10.8. The molecule has 0 saturated carbocycles. The highest BCUT2D eigenvalue weighted by Crippen LogP contribution is 2.38. The van der Waals surface area contributed by atoms with E-state index in [0.717, 1.165) is 10.4 Å². The van der Waals surface area contributed by atoms with Crippen molar-refractivity contribution in [2.45, 2.75) is 6.92 Å². The maximum atomic E-state index is 12.6. The van der Waals surface area contributed by atoms with Gasteiger partial charge in [-0.25, -0.2) is 9.97 Å². The molecule has 1 amide bonds. The lowest BCUT2D eigenvalue weighted by Gasteiger charge is -2.07. The molecular weight excluding hydrogens is 404 g/mol. The topological polar surface area (TPSA) is 115 Å². The summed E-state index contributed by atoms with van der Waals surface area (Å²) in [4.78, 5) is 25.1. The van der Waals surface area contributed by atoms with Gasteiger partial charge in [-0.1, -0.05) is 6.07 Å². The minimum atomic E-state index is -0.282. The maximum absolute atomic E-state index is 12.6. The number of nitrogens with one attached hydrogen (secondary N) is 2. The number of pyridine rings is 1. The predicted octanol–water partition coefficient (Wildman–Crippen LogP) is 3.65. The molecule has 10 heteroatoms. The van der Waals surface area contributed by atoms with E-state index in [1.54, 1.807) is 43.6 Å². The Hall–Kier alpha value is -3.79. The number of carbonyl (C=O) groups excluding carboxylic acids is 1. The molecule has 0 atom stereocenters. The number of carbonyl (C=O) groups is 1. The Bertz CT molecular complexity index is 1160. The monoisotopic (exact) mass is 422 g/mol. The molecule has 0 unspecified atom stereocenters. The van der Waals surface area contributed by atoms with Gasteiger partial charge in [-0.15, -0.1) is 21.5 Å². The Morgan fingerprint density at radius 2 is 2.17 bits per heavy atom. The second-order valence-corrected chi connectivity index (χ2v) is 7.04. The first-order valence-electron chi connectivity index (χ1n) is 9.09. The number of aromatic nitrogens is 5. The summed E-state index contributed by atoms with van der Waals surface area (Å²) in [7, 11) is 1.56. The van der Waals surface area contributed by atoms with Gasteiger partial charge >= 0.3 is 0 Å². The number of amides is 1. The van der Waals surface area contributed by atoms with Crippen LogP contribution in [0.25, 0.3) is 21.3 Å². The van der Waals surface area contributed by atoms with Gasteiger partial charge in [0.05, 0.1) is 13.7 Å². The molecule has 2 N–H and O–H groups in total. The van der Waals surface area contributed by atoms with Crippen molar-refractivity contribution in [3.63, 3.8) is 0 Å². The fourth-order valence-corrected chi connectivity index (χ4v) is 3.67. The molecule has 4 rings (SSSR count). The summed E-state index contributed by atoms with van der Waals surface area (Å²) in [6.45, 7) is 2.37. The largest absolute Gasteiger partial charge is 0.497 e. The third-order valence-corrected chi connectivity index (χ3v) is 5.18. The fourth-order valence-electron chi connectivity index (χ4n) is 2.71. The highest BCUT2D eigenvalue weighted by Gasteiger charge is 2.18. The molecule has 0 spiro atoms. The van der Waals surface area contributed by atoms with Crippen LogP contribution in [0, 0.1) is 0 Å². The number of H-pyrrole nitrogens is 1. The summed E-state index contributed by atoms with van der Waals surface area (Å²) >= 11 is 1.41. The van der Waals surface area contributed by atoms with E-state index in [1.807, 2.05) is 13.0 Å². The lowest BCUT2D eigenvalue weighted by atomic mass is 10.2. The molecule has 3 heterocycles. The number of rotatable bonds is 7. The van der Waals surface area contributed by atoms with Crippen molar-refractivity contribution in [1.82, 2.24) is 25.1 Å². The van der Waals surface area contributed by atoms with E-state index >= 15 is 0 Å². The Morgan fingerprint density at radius 1 is 1.27 bits per heavy atom. The van der Waals surface area contributed by atoms with Crippen molar-refractivity contribution in [3.8, 4) is 32.9 Å². The molecule has 1 aromatic carbocycles. The van der Waals surface area contributed by atoms with Gasteiger partial charge in [0.15, 0.2) is 5.82 Å². The van der Waals surface area contributed by atoms with Crippen LogP contribution in [0.2, 0.25) is 0 Å². The summed E-state index contributed by atoms with van der Waals surface area (Å²) in [6, 6.07) is 10.5. The quantitative estimate of drug-likeness (QED) is 0.467. The molecule has 0 saturated heterocycles. The minimum absolute atomic E-state index is 0.282. The second kappa shape index (κ2) is 8.70. The van der Waals surface area contributed by atoms with E-state index in [1.165, 1.54) is 17.7 Å². The zero-order valence-electron chi connectivity index (χ0n) is 16.2. The van der Waals surface area contributed by atoms with Crippen LogP contribution in [-0.2, 0) is 0 Å². The number of thiazole rings is 1. The Labute approximate surface area is 176 Å². The normalized spacial score (nSPS) is 10.6. The van der Waals surface area contributed by atoms with Crippen molar-refractivity contribution in [2.75, 3.05) is 19.0 Å². The average molecular weight is 422 g/mol. The zero-order chi connectivity index (χ0) is 20.9. The first-order chi connectivity index (χ1) is 14.7. The molecule has 9 nitrogen and oxygen atoms in total. The number of methoxy groups -OCH3 is 1. The van der Waals surface area contributed by atoms with E-state index in [2.05, 4.69) is 30.5 Å². The highest BCUT2D eigenvalue weighted by atomic mass is 32.1. The third-order valence-electron chi connectivity index (χ3n) is 4.09. The Morgan fingerprint density at radius 3 is 2.93 bits per heavy atom. The van der Waals surface area contributed by atoms with Crippen LogP contribution < -0.4 is 14.8 Å². The van der Waals surface area contributed by atoms with E-state index in [9.17, 15) is 4.79 Å². The highest BCUT2D eigenvalue weighted by molar-refractivity contribution is 7.18. The van der Waals surface area contributed by atoms with Gasteiger partial charge in [0.25, 0.3) is 5.91 Å². The van der Waals surface area contributed by atoms with Gasteiger partial charge in [0.2, 0.25) is 5.88 Å². The van der Waals surface area contributed by atoms with E-state index in [4.69, 9.17) is 9.47 Å². The summed E-state index contributed by atoms with van der Waals surface area (Å²) in [6.07, 6.45) is 3.12. The molecule has 0 aliphatic carbocycles. The fraction of sp³-hybridized carbons (Fsp3) is 0.150. The van der Waals surface area contributed by atoms with E-state index in [-0.39, 0.29) is 5.91 Å². The van der Waals surface area contributed by atoms with Crippen molar-refractivity contribution in [3.05, 3.63) is 54.5 Å². The predicted molar refractivity (Wildman–Crippen MR) is 113 cm³/mol. The zero-order valence-corrected chi connectivity index (χ0v) is 17.1. The van der Waals surface area contributed by atoms with Gasteiger partial charge in [0, 0.05) is 17.3 Å². The molecule has 0 fully saturated rings. The molecule has 0 bridgehead atoms. The molecule has 0 aliphatic heterocycles. The number of ether oxygens (including phenoxy) is 2. The van der Waals surface area contributed by atoms with Crippen molar-refractivity contribution >= 4 is 23.1 Å². The van der Waals surface area contributed by atoms with E-state index < -0.39 is 0 Å². The van der Waals surface area contributed by atoms with Crippen molar-refractivity contribution in [1.29, 1.82) is 0 Å². The van der Waals surface area contributed by atoms with Gasteiger partial charge in [0.1, 0.15) is 27.8 Å². The van der Waals surface area contributed by atoms with Gasteiger partial charge < -0.3 is 19.8 Å². The summed E-state index contributed by atoms with van der Waals surface area (Å²) in [5.74, 6) is 1.80. The number of hydrogen-bond acceptors (Lipinski definition) is 8. The number of aromatic amines is 1. The molecule has 4 aromatic rings. The van der Waals surface area contributed by atoms with Crippen LogP contribution in [0.5, 0.6) is 11.6 Å². The van der Waals surface area contributed by atoms with Crippen LogP contribution in [0.15, 0.2) is 48.9 Å². The molecule has 152 valence electrons. The number of anilines is 1. The van der Waals surface area contributed by atoms with E-state index in [0.29, 0.717) is 40.4 Å². The third kappa shape index (κ3) is 4.13. The standard InChI is InChI=1S/C20H18N6O3S/c1-3-29-19-16(17-22-11-23-26-17)30-20(25-19)13-7-8-21-15(10-13)24-18(27)12-5-4-6-14(9-12)28-2/h4-11H,3H2,1-2H3,(H,21,24,27)(H,22,23,26). The number of benzene rings is 1.